The van der Waals surface area contributed by atoms with E-state index in [1.54, 1.807) is 27.2 Å². The number of aromatic nitrogens is 3. The van der Waals surface area contributed by atoms with E-state index in [-0.39, 0.29) is 10.8 Å². The van der Waals surface area contributed by atoms with Gasteiger partial charge in [-0.3, -0.25) is 0 Å². The van der Waals surface area contributed by atoms with Gasteiger partial charge in [-0.2, -0.15) is 13.9 Å². The monoisotopic (exact) mass is 619 g/mol. The number of rotatable bonds is 8. The molecule has 4 aromatic rings. The van der Waals surface area contributed by atoms with E-state index in [1.807, 2.05) is 30.3 Å². The fourth-order valence-electron chi connectivity index (χ4n) is 4.66. The number of nitrogens with one attached hydrogen (secondary N) is 1. The number of nitrogens with zero attached hydrogens (tertiary/aromatic N) is 4. The molecule has 1 N–H and O–H groups in total. The number of piperidine rings is 1. The minimum atomic E-state index is -3.69. The van der Waals surface area contributed by atoms with Crippen molar-refractivity contribution in [2.24, 2.45) is 5.92 Å². The summed E-state index contributed by atoms with van der Waals surface area (Å²) in [6.45, 7) is 1.43. The molecule has 1 unspecified atom stereocenters. The van der Waals surface area contributed by atoms with E-state index in [1.165, 1.54) is 20.3 Å². The average molecular weight is 621 g/mol. The first-order valence-electron chi connectivity index (χ1n) is 12.1. The first kappa shape index (κ1) is 26.7. The molecule has 0 amide bonds. The molecule has 0 aliphatic carbocycles. The SMILES string of the molecule is COc1ccc(S(=O)(=O)N2CCCC(CNc3cc(-c4ccccc4Cl)nc4c(Br)cnn34)C2)cc1OC. The molecule has 2 aromatic carbocycles. The van der Waals surface area contributed by atoms with Gasteiger partial charge in [-0.05, 0) is 52.9 Å². The number of anilines is 1. The van der Waals surface area contributed by atoms with E-state index in [2.05, 4.69) is 26.3 Å². The molecule has 1 fully saturated rings. The van der Waals surface area contributed by atoms with Crippen LogP contribution in [0.1, 0.15) is 12.8 Å². The average Bonchev–Trinajstić information content (AvgIpc) is 3.32. The summed E-state index contributed by atoms with van der Waals surface area (Å²) in [5.41, 5.74) is 2.19. The molecule has 0 saturated carbocycles. The topological polar surface area (TPSA) is 98.1 Å². The van der Waals surface area contributed by atoms with Crippen molar-refractivity contribution in [3.63, 3.8) is 0 Å². The molecule has 200 valence electrons. The number of hydrogen-bond donors (Lipinski definition) is 1. The number of halogens is 2. The van der Waals surface area contributed by atoms with Crippen LogP contribution in [0.25, 0.3) is 16.9 Å². The fourth-order valence-corrected chi connectivity index (χ4v) is 6.81. The van der Waals surface area contributed by atoms with Crippen molar-refractivity contribution in [1.82, 2.24) is 18.9 Å². The third-order valence-corrected chi connectivity index (χ3v) is 9.38. The quantitative estimate of drug-likeness (QED) is 0.284. The van der Waals surface area contributed by atoms with Crippen molar-refractivity contribution >= 4 is 49.0 Å². The highest BCUT2D eigenvalue weighted by Crippen LogP contribution is 2.33. The minimum Gasteiger partial charge on any atom is -0.493 e. The zero-order valence-corrected chi connectivity index (χ0v) is 24.1. The fraction of sp³-hybridized carbons (Fsp3) is 0.308. The molecule has 1 atom stereocenters. The van der Waals surface area contributed by atoms with Crippen LogP contribution in [0.5, 0.6) is 11.5 Å². The van der Waals surface area contributed by atoms with Gasteiger partial charge in [0.25, 0.3) is 0 Å². The summed E-state index contributed by atoms with van der Waals surface area (Å²) in [6.07, 6.45) is 3.37. The summed E-state index contributed by atoms with van der Waals surface area (Å²) in [4.78, 5) is 4.93. The van der Waals surface area contributed by atoms with Crippen molar-refractivity contribution in [1.29, 1.82) is 0 Å². The molecule has 1 aliphatic rings. The molecule has 5 rings (SSSR count). The summed E-state index contributed by atoms with van der Waals surface area (Å²) >= 11 is 9.98. The number of hydrogen-bond acceptors (Lipinski definition) is 7. The summed E-state index contributed by atoms with van der Waals surface area (Å²) in [5, 5.41) is 8.54. The van der Waals surface area contributed by atoms with Crippen LogP contribution in [0.4, 0.5) is 5.82 Å². The van der Waals surface area contributed by atoms with E-state index in [9.17, 15) is 8.42 Å². The van der Waals surface area contributed by atoms with Crippen molar-refractivity contribution in [2.45, 2.75) is 17.7 Å². The van der Waals surface area contributed by atoms with Crippen molar-refractivity contribution < 1.29 is 17.9 Å². The maximum atomic E-state index is 13.5. The third kappa shape index (κ3) is 5.20. The van der Waals surface area contributed by atoms with Crippen LogP contribution >= 0.6 is 27.5 Å². The Hall–Kier alpha value is -2.86. The number of methoxy groups -OCH3 is 2. The van der Waals surface area contributed by atoms with Crippen molar-refractivity contribution in [2.75, 3.05) is 39.2 Å². The maximum Gasteiger partial charge on any atom is 0.243 e. The second-order valence-electron chi connectivity index (χ2n) is 9.00. The highest BCUT2D eigenvalue weighted by atomic mass is 79.9. The highest BCUT2D eigenvalue weighted by Gasteiger charge is 2.31. The zero-order valence-electron chi connectivity index (χ0n) is 20.9. The van der Waals surface area contributed by atoms with E-state index < -0.39 is 10.0 Å². The zero-order chi connectivity index (χ0) is 26.9. The third-order valence-electron chi connectivity index (χ3n) is 6.62. The molecular weight excluding hydrogens is 594 g/mol. The molecule has 12 heteroatoms. The van der Waals surface area contributed by atoms with Crippen LogP contribution in [-0.4, -0.2) is 61.2 Å². The van der Waals surface area contributed by atoms with Gasteiger partial charge >= 0.3 is 0 Å². The van der Waals surface area contributed by atoms with Crippen LogP contribution in [0.2, 0.25) is 5.02 Å². The van der Waals surface area contributed by atoms with Gasteiger partial charge in [0.15, 0.2) is 17.1 Å². The standard InChI is InChI=1S/C26H27BrClN5O4S/c1-36-23-10-9-18(12-24(23)37-2)38(34,35)32-11-5-6-17(16-32)14-29-25-13-22(19-7-3-4-8-21(19)28)31-26-20(27)15-30-33(25)26/h3-4,7-10,12-13,15,17,29H,5-6,11,14,16H2,1-2H3. The van der Waals surface area contributed by atoms with Crippen LogP contribution in [0, 0.1) is 5.92 Å². The largest absolute Gasteiger partial charge is 0.493 e. The van der Waals surface area contributed by atoms with Gasteiger partial charge < -0.3 is 14.8 Å². The van der Waals surface area contributed by atoms with Gasteiger partial charge in [-0.15, -0.1) is 0 Å². The molecule has 3 heterocycles. The first-order chi connectivity index (χ1) is 18.3. The van der Waals surface area contributed by atoms with Gasteiger partial charge in [0.2, 0.25) is 10.0 Å². The lowest BCUT2D eigenvalue weighted by atomic mass is 10.00. The van der Waals surface area contributed by atoms with Gasteiger partial charge in [-0.25, -0.2) is 13.4 Å². The van der Waals surface area contributed by atoms with Gasteiger partial charge in [-0.1, -0.05) is 29.8 Å². The molecule has 38 heavy (non-hydrogen) atoms. The lowest BCUT2D eigenvalue weighted by Gasteiger charge is -2.32. The summed E-state index contributed by atoms with van der Waals surface area (Å²) in [6, 6.07) is 14.1. The van der Waals surface area contributed by atoms with Crippen LogP contribution < -0.4 is 14.8 Å². The molecule has 0 spiro atoms. The Morgan fingerprint density at radius 3 is 2.68 bits per heavy atom. The summed E-state index contributed by atoms with van der Waals surface area (Å²) < 4.78 is 41.5. The Labute approximate surface area is 234 Å². The predicted molar refractivity (Wildman–Crippen MR) is 151 cm³/mol. The van der Waals surface area contributed by atoms with Crippen LogP contribution in [-0.2, 0) is 10.0 Å². The Kier molecular flexibility index (Phi) is 7.80. The number of benzene rings is 2. The van der Waals surface area contributed by atoms with Gasteiger partial charge in [0, 0.05) is 42.4 Å². The lowest BCUT2D eigenvalue weighted by Crippen LogP contribution is -2.41. The van der Waals surface area contributed by atoms with Crippen molar-refractivity contribution in [3.05, 3.63) is 64.2 Å². The number of fused-ring (bicyclic) bond motifs is 1. The second-order valence-corrected chi connectivity index (χ2v) is 12.2. The Balaban J connectivity index is 1.36. The first-order valence-corrected chi connectivity index (χ1v) is 14.7. The summed E-state index contributed by atoms with van der Waals surface area (Å²) in [7, 11) is -0.686. The van der Waals surface area contributed by atoms with E-state index in [4.69, 9.17) is 26.1 Å². The second kappa shape index (κ2) is 11.1. The Morgan fingerprint density at radius 1 is 1.13 bits per heavy atom. The molecule has 0 bridgehead atoms. The minimum absolute atomic E-state index is 0.102. The van der Waals surface area contributed by atoms with Gasteiger partial charge in [0.1, 0.15) is 5.82 Å². The van der Waals surface area contributed by atoms with E-state index in [0.717, 1.165) is 28.7 Å². The lowest BCUT2D eigenvalue weighted by molar-refractivity contribution is 0.275. The summed E-state index contributed by atoms with van der Waals surface area (Å²) in [5.74, 6) is 1.71. The van der Waals surface area contributed by atoms with Crippen LogP contribution in [0.3, 0.4) is 0 Å². The maximum absolute atomic E-state index is 13.5. The number of ether oxygens (including phenoxy) is 2. The Bertz CT molecular complexity index is 1580. The van der Waals surface area contributed by atoms with Gasteiger partial charge in [0.05, 0.1) is 35.5 Å². The molecule has 9 nitrogen and oxygen atoms in total. The van der Waals surface area contributed by atoms with Crippen molar-refractivity contribution in [3.8, 4) is 22.8 Å². The number of sulfonamides is 1. The molecule has 1 saturated heterocycles. The normalized spacial score (nSPS) is 16.5. The molecular formula is C26H27BrClN5O4S. The van der Waals surface area contributed by atoms with E-state index >= 15 is 0 Å². The Morgan fingerprint density at radius 2 is 1.92 bits per heavy atom. The smallest absolute Gasteiger partial charge is 0.243 e. The highest BCUT2D eigenvalue weighted by molar-refractivity contribution is 9.10. The van der Waals surface area contributed by atoms with Crippen LogP contribution in [0.15, 0.2) is 64.1 Å². The predicted octanol–water partition coefficient (Wildman–Crippen LogP) is 5.34. The molecule has 2 aromatic heterocycles. The molecule has 1 aliphatic heterocycles. The van der Waals surface area contributed by atoms with E-state index in [0.29, 0.717) is 47.5 Å². The molecule has 0 radical (unpaired) electrons.